The van der Waals surface area contributed by atoms with Gasteiger partial charge >= 0.3 is 5.69 Å². The molecule has 35 heavy (non-hydrogen) atoms. The van der Waals surface area contributed by atoms with E-state index in [2.05, 4.69) is 5.10 Å². The minimum atomic E-state index is -0.510. The molecule has 0 saturated heterocycles. The van der Waals surface area contributed by atoms with Crippen LogP contribution in [0.5, 0.6) is 23.0 Å². The zero-order valence-electron chi connectivity index (χ0n) is 19.4. The number of hydrogen-bond acceptors (Lipinski definition) is 8. The van der Waals surface area contributed by atoms with E-state index in [-0.39, 0.29) is 12.4 Å². The lowest BCUT2D eigenvalue weighted by molar-refractivity contribution is -0.385. The predicted molar refractivity (Wildman–Crippen MR) is 129 cm³/mol. The maximum atomic E-state index is 11.1. The Balaban J connectivity index is 1.88. The summed E-state index contributed by atoms with van der Waals surface area (Å²) in [6.45, 7) is 0.0739. The minimum Gasteiger partial charge on any atom is -0.493 e. The Hall–Kier alpha value is -4.25. The Kier molecular flexibility index (Phi) is 6.78. The second-order valence-corrected chi connectivity index (χ2v) is 7.66. The van der Waals surface area contributed by atoms with Crippen LogP contribution >= 0.6 is 11.6 Å². The van der Waals surface area contributed by atoms with Crippen molar-refractivity contribution in [1.29, 1.82) is 0 Å². The van der Waals surface area contributed by atoms with E-state index < -0.39 is 4.92 Å². The molecule has 12 heteroatoms. The standard InChI is InChI=1S/C23H22ClN5O6/c1-32-17-7-5-14(9-19(17)34-3)22-21(24)23(15-6-8-18(33-2)20(10-15)35-4)28(26-22)13-27-12-16(11-25-27)29(30)31/h5-12H,13H2,1-4H3. The van der Waals surface area contributed by atoms with Gasteiger partial charge in [-0.05, 0) is 36.4 Å². The highest BCUT2D eigenvalue weighted by atomic mass is 35.5. The molecule has 4 rings (SSSR count). The van der Waals surface area contributed by atoms with Gasteiger partial charge in [0.05, 0.1) is 44.1 Å². The summed E-state index contributed by atoms with van der Waals surface area (Å²) in [4.78, 5) is 10.6. The van der Waals surface area contributed by atoms with Crippen molar-refractivity contribution in [3.8, 4) is 45.5 Å². The average Bonchev–Trinajstić information content (AvgIpc) is 3.47. The largest absolute Gasteiger partial charge is 0.493 e. The fourth-order valence-corrected chi connectivity index (χ4v) is 3.98. The van der Waals surface area contributed by atoms with Crippen molar-refractivity contribution in [2.45, 2.75) is 6.67 Å². The Bertz CT molecular complexity index is 1380. The first-order valence-electron chi connectivity index (χ1n) is 10.3. The van der Waals surface area contributed by atoms with Crippen molar-refractivity contribution >= 4 is 17.3 Å². The second-order valence-electron chi connectivity index (χ2n) is 7.29. The topological polar surface area (TPSA) is 116 Å². The summed E-state index contributed by atoms with van der Waals surface area (Å²) in [7, 11) is 6.19. The summed E-state index contributed by atoms with van der Waals surface area (Å²) in [5, 5.41) is 20.3. The minimum absolute atomic E-state index is 0.0739. The number of nitro groups is 1. The maximum Gasteiger partial charge on any atom is 0.307 e. The van der Waals surface area contributed by atoms with Gasteiger partial charge in [-0.25, -0.2) is 9.36 Å². The van der Waals surface area contributed by atoms with Gasteiger partial charge in [0, 0.05) is 11.1 Å². The van der Waals surface area contributed by atoms with Gasteiger partial charge in [-0.2, -0.15) is 10.2 Å². The van der Waals surface area contributed by atoms with E-state index >= 15 is 0 Å². The van der Waals surface area contributed by atoms with Gasteiger partial charge in [0.15, 0.2) is 23.0 Å². The smallest absolute Gasteiger partial charge is 0.307 e. The Morgan fingerprint density at radius 3 is 2.03 bits per heavy atom. The molecule has 0 amide bonds. The van der Waals surface area contributed by atoms with Crippen LogP contribution in [0.15, 0.2) is 48.8 Å². The summed E-state index contributed by atoms with van der Waals surface area (Å²) >= 11 is 6.89. The molecule has 2 heterocycles. The van der Waals surface area contributed by atoms with Gasteiger partial charge in [-0.3, -0.25) is 10.1 Å². The van der Waals surface area contributed by atoms with E-state index in [0.29, 0.717) is 50.5 Å². The summed E-state index contributed by atoms with van der Waals surface area (Å²) in [5.41, 5.74) is 2.32. The van der Waals surface area contributed by atoms with Crippen molar-refractivity contribution < 1.29 is 23.9 Å². The number of nitrogens with zero attached hydrogens (tertiary/aromatic N) is 5. The number of benzene rings is 2. The van der Waals surface area contributed by atoms with E-state index in [1.54, 1.807) is 57.4 Å². The Labute approximate surface area is 205 Å². The molecule has 0 radical (unpaired) electrons. The molecule has 0 fully saturated rings. The molecule has 0 aliphatic heterocycles. The van der Waals surface area contributed by atoms with Crippen molar-refractivity contribution in [1.82, 2.24) is 19.6 Å². The number of hydrogen-bond donors (Lipinski definition) is 0. The first kappa shape index (κ1) is 23.9. The molecule has 0 aliphatic carbocycles. The fraction of sp³-hybridized carbons (Fsp3) is 0.217. The molecular weight excluding hydrogens is 478 g/mol. The zero-order chi connectivity index (χ0) is 25.1. The quantitative estimate of drug-likeness (QED) is 0.244. The summed E-state index contributed by atoms with van der Waals surface area (Å²) in [6.07, 6.45) is 2.50. The van der Waals surface area contributed by atoms with Crippen LogP contribution in [0.3, 0.4) is 0 Å². The highest BCUT2D eigenvalue weighted by Gasteiger charge is 2.22. The number of aromatic nitrogens is 4. The van der Waals surface area contributed by atoms with Gasteiger partial charge in [0.1, 0.15) is 24.8 Å². The lowest BCUT2D eigenvalue weighted by Gasteiger charge is -2.12. The Morgan fingerprint density at radius 2 is 1.49 bits per heavy atom. The van der Waals surface area contributed by atoms with Gasteiger partial charge in [-0.1, -0.05) is 11.6 Å². The van der Waals surface area contributed by atoms with Gasteiger partial charge in [0.25, 0.3) is 0 Å². The van der Waals surface area contributed by atoms with E-state index in [4.69, 9.17) is 35.6 Å². The summed E-state index contributed by atoms with van der Waals surface area (Å²) in [6, 6.07) is 10.7. The van der Waals surface area contributed by atoms with Gasteiger partial charge in [0.2, 0.25) is 0 Å². The third-order valence-corrected chi connectivity index (χ3v) is 5.68. The summed E-state index contributed by atoms with van der Waals surface area (Å²) in [5.74, 6) is 2.15. The molecule has 0 N–H and O–H groups in total. The third kappa shape index (κ3) is 4.58. The molecule has 0 bridgehead atoms. The van der Waals surface area contributed by atoms with E-state index in [9.17, 15) is 10.1 Å². The lowest BCUT2D eigenvalue weighted by atomic mass is 10.1. The molecule has 0 atom stereocenters. The maximum absolute atomic E-state index is 11.1. The second kappa shape index (κ2) is 9.94. The zero-order valence-corrected chi connectivity index (χ0v) is 20.1. The summed E-state index contributed by atoms with van der Waals surface area (Å²) < 4.78 is 24.6. The van der Waals surface area contributed by atoms with Crippen LogP contribution < -0.4 is 18.9 Å². The molecule has 11 nitrogen and oxygen atoms in total. The molecular formula is C23H22ClN5O6. The third-order valence-electron chi connectivity index (χ3n) is 5.32. The van der Waals surface area contributed by atoms with Crippen LogP contribution in [0.4, 0.5) is 5.69 Å². The number of rotatable bonds is 9. The Morgan fingerprint density at radius 1 is 0.914 bits per heavy atom. The van der Waals surface area contributed by atoms with Crippen LogP contribution in [0.2, 0.25) is 5.02 Å². The monoisotopic (exact) mass is 499 g/mol. The molecule has 0 spiro atoms. The van der Waals surface area contributed by atoms with E-state index in [1.165, 1.54) is 17.1 Å². The van der Waals surface area contributed by atoms with E-state index in [1.807, 2.05) is 12.1 Å². The van der Waals surface area contributed by atoms with Gasteiger partial charge in [-0.15, -0.1) is 0 Å². The highest BCUT2D eigenvalue weighted by Crippen LogP contribution is 2.41. The molecule has 0 aliphatic rings. The predicted octanol–water partition coefficient (Wildman–Crippen LogP) is 4.52. The first-order chi connectivity index (χ1) is 16.9. The number of methoxy groups -OCH3 is 4. The first-order valence-corrected chi connectivity index (χ1v) is 10.7. The number of halogens is 1. The lowest BCUT2D eigenvalue weighted by Crippen LogP contribution is -2.11. The normalized spacial score (nSPS) is 10.8. The molecule has 0 saturated carbocycles. The molecule has 2 aromatic carbocycles. The average molecular weight is 500 g/mol. The van der Waals surface area contributed by atoms with Crippen molar-refractivity contribution in [2.24, 2.45) is 0 Å². The van der Waals surface area contributed by atoms with Crippen LogP contribution in [0.1, 0.15) is 0 Å². The highest BCUT2D eigenvalue weighted by molar-refractivity contribution is 6.35. The van der Waals surface area contributed by atoms with Crippen LogP contribution in [0, 0.1) is 10.1 Å². The fourth-order valence-electron chi connectivity index (χ4n) is 3.63. The van der Waals surface area contributed by atoms with Crippen molar-refractivity contribution in [3.63, 3.8) is 0 Å². The van der Waals surface area contributed by atoms with E-state index in [0.717, 1.165) is 0 Å². The molecule has 2 aromatic heterocycles. The number of ether oxygens (including phenoxy) is 4. The SMILES string of the molecule is COc1ccc(-c2nn(Cn3cc([N+](=O)[O-])cn3)c(-c3ccc(OC)c(OC)c3)c2Cl)cc1OC. The molecule has 182 valence electrons. The molecule has 0 unspecified atom stereocenters. The van der Waals surface area contributed by atoms with Crippen LogP contribution in [-0.2, 0) is 6.67 Å². The molecule has 4 aromatic rings. The van der Waals surface area contributed by atoms with Crippen molar-refractivity contribution in [3.05, 3.63) is 63.9 Å². The van der Waals surface area contributed by atoms with Gasteiger partial charge < -0.3 is 18.9 Å². The van der Waals surface area contributed by atoms with Crippen LogP contribution in [0.25, 0.3) is 22.5 Å². The van der Waals surface area contributed by atoms with Crippen molar-refractivity contribution in [2.75, 3.05) is 28.4 Å². The van der Waals surface area contributed by atoms with Crippen LogP contribution in [-0.4, -0.2) is 52.9 Å².